The molecule has 1 rings (SSSR count). The third-order valence-electron chi connectivity index (χ3n) is 1.72. The molecule has 5 heteroatoms. The summed E-state index contributed by atoms with van der Waals surface area (Å²) in [6.45, 7) is 1.61. The maximum absolute atomic E-state index is 12.6. The zero-order valence-electron chi connectivity index (χ0n) is 6.82. The van der Waals surface area contributed by atoms with E-state index in [0.29, 0.717) is 14.8 Å². The molecule has 0 fully saturated rings. The summed E-state index contributed by atoms with van der Waals surface area (Å²) in [5, 5.41) is 0. The van der Waals surface area contributed by atoms with Crippen LogP contribution >= 0.6 is 34.2 Å². The number of rotatable bonds is 2. The van der Waals surface area contributed by atoms with Gasteiger partial charge in [0.15, 0.2) is 0 Å². The molecule has 0 spiro atoms. The van der Waals surface area contributed by atoms with Crippen LogP contribution in [-0.2, 0) is 5.88 Å². The Morgan fingerprint density at radius 2 is 2.23 bits per heavy atom. The van der Waals surface area contributed by atoms with Gasteiger partial charge in [-0.25, -0.2) is 13.8 Å². The molecule has 0 bridgehead atoms. The van der Waals surface area contributed by atoms with E-state index in [-0.39, 0.29) is 11.4 Å². The topological polar surface area (TPSA) is 12.9 Å². The molecule has 0 amide bonds. The van der Waals surface area contributed by atoms with Crippen molar-refractivity contribution in [3.8, 4) is 0 Å². The van der Waals surface area contributed by atoms with Gasteiger partial charge in [0.2, 0.25) is 0 Å². The van der Waals surface area contributed by atoms with Crippen LogP contribution in [0.1, 0.15) is 23.1 Å². The van der Waals surface area contributed by atoms with Gasteiger partial charge in [0, 0.05) is 17.3 Å². The summed E-state index contributed by atoms with van der Waals surface area (Å²) in [5.41, 5.74) is 0.956. The van der Waals surface area contributed by atoms with Gasteiger partial charge in [-0.1, -0.05) is 0 Å². The lowest BCUT2D eigenvalue weighted by Gasteiger charge is -2.10. The van der Waals surface area contributed by atoms with E-state index in [9.17, 15) is 8.78 Å². The summed E-state index contributed by atoms with van der Waals surface area (Å²) in [7, 11) is 0. The second-order valence-electron chi connectivity index (χ2n) is 2.56. The Labute approximate surface area is 93.6 Å². The number of alkyl halides is 3. The molecule has 0 radical (unpaired) electrons. The summed E-state index contributed by atoms with van der Waals surface area (Å²) >= 11 is 7.48. The molecule has 0 unspecified atom stereocenters. The highest BCUT2D eigenvalue weighted by Gasteiger charge is 2.18. The number of nitrogens with zero attached hydrogens (tertiary/aromatic N) is 1. The van der Waals surface area contributed by atoms with Crippen molar-refractivity contribution < 1.29 is 8.78 Å². The quantitative estimate of drug-likeness (QED) is 0.461. The number of hydrogen-bond donors (Lipinski definition) is 0. The Balaban J connectivity index is 3.35. The van der Waals surface area contributed by atoms with E-state index >= 15 is 0 Å². The van der Waals surface area contributed by atoms with Crippen LogP contribution in [0.3, 0.4) is 0 Å². The molecule has 0 aliphatic carbocycles. The highest BCUT2D eigenvalue weighted by Crippen LogP contribution is 2.29. The molecule has 0 saturated carbocycles. The van der Waals surface area contributed by atoms with Gasteiger partial charge in [0.05, 0.1) is 5.88 Å². The lowest BCUT2D eigenvalue weighted by molar-refractivity contribution is 0.149. The van der Waals surface area contributed by atoms with E-state index in [0.717, 1.165) is 0 Å². The first-order valence-corrected chi connectivity index (χ1v) is 5.17. The Kier molecular flexibility index (Phi) is 3.85. The Bertz CT molecular complexity index is 317. The van der Waals surface area contributed by atoms with Crippen LogP contribution < -0.4 is 0 Å². The molecule has 0 saturated heterocycles. The van der Waals surface area contributed by atoms with E-state index < -0.39 is 6.43 Å². The van der Waals surface area contributed by atoms with E-state index in [2.05, 4.69) is 4.98 Å². The first-order valence-electron chi connectivity index (χ1n) is 3.56. The number of halogens is 4. The minimum atomic E-state index is -2.48. The van der Waals surface area contributed by atoms with Crippen molar-refractivity contribution in [2.75, 3.05) is 0 Å². The third kappa shape index (κ3) is 2.28. The predicted molar refractivity (Wildman–Crippen MR) is 56.2 cm³/mol. The van der Waals surface area contributed by atoms with Gasteiger partial charge < -0.3 is 0 Å². The van der Waals surface area contributed by atoms with Crippen LogP contribution in [-0.4, -0.2) is 4.98 Å². The molecule has 1 aromatic heterocycles. The highest BCUT2D eigenvalue weighted by atomic mass is 127. The summed E-state index contributed by atoms with van der Waals surface area (Å²) in [6.07, 6.45) is -1.04. The van der Waals surface area contributed by atoms with Crippen LogP contribution in [0.25, 0.3) is 0 Å². The van der Waals surface area contributed by atoms with Crippen molar-refractivity contribution in [3.63, 3.8) is 0 Å². The van der Waals surface area contributed by atoms with Gasteiger partial charge in [0.25, 0.3) is 6.43 Å². The van der Waals surface area contributed by atoms with Crippen molar-refractivity contribution in [1.29, 1.82) is 0 Å². The normalized spacial score (nSPS) is 10.9. The SMILES string of the molecule is Cc1cnc(I)c(CCl)c1C(F)F. The standard InChI is InChI=1S/C8H7ClF2IN/c1-4-3-13-8(12)5(2-9)6(4)7(10)11/h3,7H,2H2,1H3. The summed E-state index contributed by atoms with van der Waals surface area (Å²) < 4.78 is 25.7. The van der Waals surface area contributed by atoms with Crippen molar-refractivity contribution >= 4 is 34.2 Å². The van der Waals surface area contributed by atoms with Gasteiger partial charge in [-0.2, -0.15) is 0 Å². The minimum Gasteiger partial charge on any atom is -0.250 e. The van der Waals surface area contributed by atoms with Gasteiger partial charge in [-0.15, -0.1) is 11.6 Å². The first kappa shape index (κ1) is 11.1. The zero-order valence-corrected chi connectivity index (χ0v) is 9.73. The minimum absolute atomic E-state index is 0.0226. The van der Waals surface area contributed by atoms with Crippen molar-refractivity contribution in [1.82, 2.24) is 4.98 Å². The molecule has 0 aliphatic rings. The summed E-state index contributed by atoms with van der Waals surface area (Å²) in [5.74, 6) is 0.0760. The summed E-state index contributed by atoms with van der Waals surface area (Å²) in [6, 6.07) is 0. The Hall–Kier alpha value is 0.0300. The van der Waals surface area contributed by atoms with E-state index in [1.165, 1.54) is 6.20 Å². The van der Waals surface area contributed by atoms with Crippen LogP contribution in [0.4, 0.5) is 8.78 Å². The zero-order chi connectivity index (χ0) is 10.0. The molecule has 1 heterocycles. The molecule has 72 valence electrons. The maximum Gasteiger partial charge on any atom is 0.264 e. The molecule has 1 nitrogen and oxygen atoms in total. The highest BCUT2D eigenvalue weighted by molar-refractivity contribution is 14.1. The lowest BCUT2D eigenvalue weighted by Crippen LogP contribution is -2.01. The number of pyridine rings is 1. The van der Waals surface area contributed by atoms with E-state index in [1.54, 1.807) is 6.92 Å². The molecule has 0 aromatic carbocycles. The lowest BCUT2D eigenvalue weighted by atomic mass is 10.1. The molecular formula is C8H7ClF2IN. The average molecular weight is 318 g/mol. The van der Waals surface area contributed by atoms with Gasteiger partial charge in [0.1, 0.15) is 3.70 Å². The molecule has 1 aromatic rings. The van der Waals surface area contributed by atoms with Crippen LogP contribution in [0.2, 0.25) is 0 Å². The molecule has 0 aliphatic heterocycles. The predicted octanol–water partition coefficient (Wildman–Crippen LogP) is 3.67. The largest absolute Gasteiger partial charge is 0.264 e. The van der Waals surface area contributed by atoms with Crippen molar-refractivity contribution in [3.05, 3.63) is 26.6 Å². The molecule has 0 N–H and O–H groups in total. The van der Waals surface area contributed by atoms with E-state index in [4.69, 9.17) is 11.6 Å². The third-order valence-corrected chi connectivity index (χ3v) is 2.92. The van der Waals surface area contributed by atoms with Crippen molar-refractivity contribution in [2.45, 2.75) is 19.2 Å². The monoisotopic (exact) mass is 317 g/mol. The average Bonchev–Trinajstić information content (AvgIpc) is 2.07. The second kappa shape index (κ2) is 4.50. The van der Waals surface area contributed by atoms with Crippen LogP contribution in [0, 0.1) is 10.6 Å². The number of hydrogen-bond acceptors (Lipinski definition) is 1. The molecule has 13 heavy (non-hydrogen) atoms. The first-order chi connectivity index (χ1) is 6.07. The molecular weight excluding hydrogens is 310 g/mol. The Morgan fingerprint density at radius 3 is 2.62 bits per heavy atom. The maximum atomic E-state index is 12.6. The van der Waals surface area contributed by atoms with Gasteiger partial charge in [-0.3, -0.25) is 0 Å². The smallest absolute Gasteiger partial charge is 0.250 e. The van der Waals surface area contributed by atoms with Gasteiger partial charge in [-0.05, 0) is 35.1 Å². The fraction of sp³-hybridized carbons (Fsp3) is 0.375. The molecule has 0 atom stereocenters. The van der Waals surface area contributed by atoms with Gasteiger partial charge >= 0.3 is 0 Å². The fourth-order valence-corrected chi connectivity index (χ4v) is 2.20. The van der Waals surface area contributed by atoms with Crippen LogP contribution in [0.15, 0.2) is 6.20 Å². The fourth-order valence-electron chi connectivity index (χ4n) is 1.08. The second-order valence-corrected chi connectivity index (χ2v) is 3.85. The number of aromatic nitrogens is 1. The number of aryl methyl sites for hydroxylation is 1. The Morgan fingerprint density at radius 1 is 1.62 bits per heavy atom. The van der Waals surface area contributed by atoms with Crippen LogP contribution in [0.5, 0.6) is 0 Å². The van der Waals surface area contributed by atoms with Crippen molar-refractivity contribution in [2.24, 2.45) is 0 Å². The van der Waals surface area contributed by atoms with E-state index in [1.807, 2.05) is 22.6 Å². The summed E-state index contributed by atoms with van der Waals surface area (Å²) in [4.78, 5) is 3.96.